The van der Waals surface area contributed by atoms with Gasteiger partial charge in [-0.3, -0.25) is 4.57 Å². The molecule has 0 aliphatic carbocycles. The fourth-order valence-corrected chi connectivity index (χ4v) is 1.02. The molecule has 0 radical (unpaired) electrons. The third-order valence-corrected chi connectivity index (χ3v) is 1.41. The van der Waals surface area contributed by atoms with Crippen LogP contribution in [0.5, 0.6) is 0 Å². The average molecular weight is 141 g/mol. The van der Waals surface area contributed by atoms with Gasteiger partial charge in [0, 0.05) is 0 Å². The average Bonchev–Trinajstić information content (AvgIpc) is 2.11. The van der Waals surface area contributed by atoms with Crippen molar-refractivity contribution in [3.05, 3.63) is 11.6 Å². The lowest BCUT2D eigenvalue weighted by molar-refractivity contribution is 0.119. The minimum absolute atomic E-state index is 0.532. The van der Waals surface area contributed by atoms with E-state index in [-0.39, 0.29) is 0 Å². The molecule has 0 fully saturated rings. The van der Waals surface area contributed by atoms with E-state index in [0.29, 0.717) is 0 Å². The Kier molecular flexibility index (Phi) is 1.72. The Morgan fingerprint density at radius 3 is 1.90 bits per heavy atom. The lowest BCUT2D eigenvalue weighted by atomic mass is 10.5. The number of aliphatic hydroxyl groups is 1. The molecule has 10 heavy (non-hydrogen) atoms. The molecule has 1 aromatic heterocycles. The van der Waals surface area contributed by atoms with Crippen LogP contribution in [0.4, 0.5) is 0 Å². The number of hydrogen-bond donors (Lipinski definition) is 1. The van der Waals surface area contributed by atoms with E-state index in [2.05, 4.69) is 10.2 Å². The molecule has 0 spiro atoms. The Hall–Kier alpha value is -0.900. The lowest BCUT2D eigenvalue weighted by Crippen LogP contribution is -2.07. The summed E-state index contributed by atoms with van der Waals surface area (Å²) < 4.78 is 1.67. The maximum Gasteiger partial charge on any atom is 0.131 e. The van der Waals surface area contributed by atoms with Gasteiger partial charge in [-0.1, -0.05) is 0 Å². The van der Waals surface area contributed by atoms with Crippen LogP contribution in [0.25, 0.3) is 0 Å². The Balaban J connectivity index is 3.10. The Bertz CT molecular complexity index is 209. The highest BCUT2D eigenvalue weighted by Crippen LogP contribution is 2.06. The van der Waals surface area contributed by atoms with Crippen LogP contribution in [0.1, 0.15) is 24.8 Å². The molecule has 0 amide bonds. The summed E-state index contributed by atoms with van der Waals surface area (Å²) in [6.45, 7) is 5.31. The molecule has 0 aromatic carbocycles. The van der Waals surface area contributed by atoms with E-state index in [4.69, 9.17) is 5.11 Å². The molecule has 1 rings (SSSR count). The number of nitrogens with zero attached hydrogens (tertiary/aromatic N) is 3. The lowest BCUT2D eigenvalue weighted by Gasteiger charge is -2.07. The Morgan fingerprint density at radius 1 is 1.30 bits per heavy atom. The second-order valence-corrected chi connectivity index (χ2v) is 2.30. The van der Waals surface area contributed by atoms with Crippen LogP contribution < -0.4 is 0 Å². The first kappa shape index (κ1) is 7.21. The van der Waals surface area contributed by atoms with Crippen LogP contribution in [-0.4, -0.2) is 19.9 Å². The monoisotopic (exact) mass is 141 g/mol. The Labute approximate surface area is 59.5 Å². The van der Waals surface area contributed by atoms with E-state index < -0.39 is 6.23 Å². The van der Waals surface area contributed by atoms with Gasteiger partial charge < -0.3 is 5.11 Å². The van der Waals surface area contributed by atoms with Gasteiger partial charge in [0.25, 0.3) is 0 Å². The zero-order valence-corrected chi connectivity index (χ0v) is 6.37. The van der Waals surface area contributed by atoms with E-state index in [9.17, 15) is 0 Å². The van der Waals surface area contributed by atoms with Crippen molar-refractivity contribution >= 4 is 0 Å². The van der Waals surface area contributed by atoms with Crippen molar-refractivity contribution in [2.75, 3.05) is 0 Å². The van der Waals surface area contributed by atoms with Gasteiger partial charge in [0.1, 0.15) is 17.9 Å². The van der Waals surface area contributed by atoms with E-state index in [1.165, 1.54) is 0 Å². The van der Waals surface area contributed by atoms with Crippen molar-refractivity contribution in [3.63, 3.8) is 0 Å². The first-order valence-corrected chi connectivity index (χ1v) is 3.19. The van der Waals surface area contributed by atoms with Gasteiger partial charge in [-0.05, 0) is 20.8 Å². The van der Waals surface area contributed by atoms with Gasteiger partial charge in [0.2, 0.25) is 0 Å². The standard InChI is InChI=1S/C6H11N3O/c1-4-7-8-5(2)9(4)6(3)10/h6,10H,1-3H3. The van der Waals surface area contributed by atoms with Gasteiger partial charge in [0.05, 0.1) is 0 Å². The van der Waals surface area contributed by atoms with Crippen LogP contribution in [0.15, 0.2) is 0 Å². The van der Waals surface area contributed by atoms with E-state index in [1.54, 1.807) is 11.5 Å². The van der Waals surface area contributed by atoms with Crippen LogP contribution in [-0.2, 0) is 0 Å². The van der Waals surface area contributed by atoms with Crippen molar-refractivity contribution < 1.29 is 5.11 Å². The summed E-state index contributed by atoms with van der Waals surface area (Å²) in [4.78, 5) is 0. The predicted octanol–water partition coefficient (Wildman–Crippen LogP) is 0.406. The highest BCUT2D eigenvalue weighted by molar-refractivity contribution is 4.91. The van der Waals surface area contributed by atoms with Crippen molar-refractivity contribution in [1.82, 2.24) is 14.8 Å². The fraction of sp³-hybridized carbons (Fsp3) is 0.667. The molecule has 0 saturated heterocycles. The van der Waals surface area contributed by atoms with Crippen molar-refractivity contribution in [2.45, 2.75) is 27.0 Å². The predicted molar refractivity (Wildman–Crippen MR) is 36.4 cm³/mol. The van der Waals surface area contributed by atoms with Gasteiger partial charge in [-0.25, -0.2) is 0 Å². The number of aliphatic hydroxyl groups excluding tert-OH is 1. The molecule has 4 heteroatoms. The smallest absolute Gasteiger partial charge is 0.131 e. The summed E-state index contributed by atoms with van der Waals surface area (Å²) in [5, 5.41) is 16.7. The number of hydrogen-bond acceptors (Lipinski definition) is 3. The molecule has 56 valence electrons. The van der Waals surface area contributed by atoms with E-state index in [0.717, 1.165) is 11.6 Å². The minimum Gasteiger partial charge on any atom is -0.373 e. The summed E-state index contributed by atoms with van der Waals surface area (Å²) in [6, 6.07) is 0. The third kappa shape index (κ3) is 1.02. The third-order valence-electron chi connectivity index (χ3n) is 1.41. The highest BCUT2D eigenvalue weighted by Gasteiger charge is 2.07. The minimum atomic E-state index is -0.532. The zero-order chi connectivity index (χ0) is 7.72. The van der Waals surface area contributed by atoms with Crippen LogP contribution >= 0.6 is 0 Å². The van der Waals surface area contributed by atoms with Crippen molar-refractivity contribution in [2.24, 2.45) is 0 Å². The molecule has 4 nitrogen and oxygen atoms in total. The van der Waals surface area contributed by atoms with E-state index >= 15 is 0 Å². The summed E-state index contributed by atoms with van der Waals surface area (Å²) in [5.74, 6) is 1.49. The largest absolute Gasteiger partial charge is 0.373 e. The molecule has 0 aliphatic rings. The summed E-state index contributed by atoms with van der Waals surface area (Å²) in [6.07, 6.45) is -0.532. The normalized spacial score (nSPS) is 13.6. The number of rotatable bonds is 1. The SMILES string of the molecule is Cc1nnc(C)n1C(C)O. The van der Waals surface area contributed by atoms with Crippen LogP contribution in [0.2, 0.25) is 0 Å². The second kappa shape index (κ2) is 2.38. The Morgan fingerprint density at radius 2 is 1.70 bits per heavy atom. The molecule has 0 bridgehead atoms. The maximum atomic E-state index is 9.16. The molecule has 0 aliphatic heterocycles. The summed E-state index contributed by atoms with van der Waals surface area (Å²) in [5.41, 5.74) is 0. The molecule has 1 heterocycles. The first-order valence-electron chi connectivity index (χ1n) is 3.19. The highest BCUT2D eigenvalue weighted by atomic mass is 16.3. The van der Waals surface area contributed by atoms with Crippen LogP contribution in [0, 0.1) is 13.8 Å². The molecular weight excluding hydrogens is 130 g/mol. The molecule has 1 unspecified atom stereocenters. The van der Waals surface area contributed by atoms with Gasteiger partial charge in [-0.15, -0.1) is 10.2 Å². The molecule has 1 aromatic rings. The van der Waals surface area contributed by atoms with Gasteiger partial charge in [0.15, 0.2) is 0 Å². The molecule has 1 N–H and O–H groups in total. The maximum absolute atomic E-state index is 9.16. The van der Waals surface area contributed by atoms with E-state index in [1.807, 2.05) is 13.8 Å². The van der Waals surface area contributed by atoms with Gasteiger partial charge in [-0.2, -0.15) is 0 Å². The van der Waals surface area contributed by atoms with Crippen LogP contribution in [0.3, 0.4) is 0 Å². The number of aryl methyl sites for hydroxylation is 2. The summed E-state index contributed by atoms with van der Waals surface area (Å²) >= 11 is 0. The quantitative estimate of drug-likeness (QED) is 0.616. The zero-order valence-electron chi connectivity index (χ0n) is 6.37. The second-order valence-electron chi connectivity index (χ2n) is 2.30. The molecule has 1 atom stereocenters. The van der Waals surface area contributed by atoms with Crippen molar-refractivity contribution in [1.29, 1.82) is 0 Å². The summed E-state index contributed by atoms with van der Waals surface area (Å²) in [7, 11) is 0. The van der Waals surface area contributed by atoms with Crippen molar-refractivity contribution in [3.8, 4) is 0 Å². The number of aromatic nitrogens is 3. The first-order chi connectivity index (χ1) is 4.63. The topological polar surface area (TPSA) is 50.9 Å². The molecule has 0 saturated carbocycles. The fourth-order valence-electron chi connectivity index (χ4n) is 1.02. The molecular formula is C6H11N3O. The van der Waals surface area contributed by atoms with Gasteiger partial charge >= 0.3 is 0 Å².